The molecule has 32 heavy (non-hydrogen) atoms. The van der Waals surface area contributed by atoms with E-state index in [4.69, 9.17) is 10.5 Å². The molecule has 4 aliphatic carbocycles. The number of carbonyl (C=O) groups excluding carboxylic acids is 1. The van der Waals surface area contributed by atoms with Crippen molar-refractivity contribution in [2.45, 2.75) is 68.7 Å². The van der Waals surface area contributed by atoms with Crippen molar-refractivity contribution in [1.29, 1.82) is 0 Å². The Kier molecular flexibility index (Phi) is 6.63. The fourth-order valence-electron chi connectivity index (χ4n) is 5.25. The van der Waals surface area contributed by atoms with Gasteiger partial charge in [-0.2, -0.15) is 0 Å². The molecule has 4 saturated carbocycles. The van der Waals surface area contributed by atoms with Crippen LogP contribution in [0.5, 0.6) is 5.75 Å². The Bertz CT molecular complexity index is 946. The van der Waals surface area contributed by atoms with Crippen LogP contribution < -0.4 is 15.8 Å². The molecule has 8 heteroatoms. The summed E-state index contributed by atoms with van der Waals surface area (Å²) in [7, 11) is -3.46. The molecule has 0 aliphatic heterocycles. The van der Waals surface area contributed by atoms with Gasteiger partial charge in [0, 0.05) is 23.6 Å². The van der Waals surface area contributed by atoms with Gasteiger partial charge >= 0.3 is 0 Å². The van der Waals surface area contributed by atoms with Crippen LogP contribution in [0.4, 0.5) is 4.39 Å². The standard InChI is InChI=1S/C24H33FN2O4S/c25-14-18(15-26)16-31-20-4-6-21(7-5-20)32(29,30)17-23-8-11-24(12-9-23,13-10-23)22(28)27-19-2-1-3-19/h4-7,14,19H,1-3,8-13,15-17,26H2,(H,27,28). The number of halogens is 1. The van der Waals surface area contributed by atoms with Crippen LogP contribution in [-0.2, 0) is 14.6 Å². The fourth-order valence-corrected chi connectivity index (χ4v) is 7.21. The van der Waals surface area contributed by atoms with Crippen LogP contribution >= 0.6 is 0 Å². The van der Waals surface area contributed by atoms with Crippen LogP contribution in [0.2, 0.25) is 0 Å². The second-order valence-corrected chi connectivity index (χ2v) is 11.9. The molecule has 0 spiro atoms. The number of nitrogens with two attached hydrogens (primary N) is 1. The molecule has 4 aliphatic rings. The van der Waals surface area contributed by atoms with E-state index in [0.29, 0.717) is 23.7 Å². The molecule has 1 amide bonds. The van der Waals surface area contributed by atoms with E-state index in [9.17, 15) is 17.6 Å². The molecule has 0 radical (unpaired) electrons. The van der Waals surface area contributed by atoms with Crippen LogP contribution in [0.15, 0.2) is 41.1 Å². The number of carbonyl (C=O) groups is 1. The SMILES string of the molecule is NCC(=CF)COc1ccc(S(=O)(=O)CC23CCC(C(=O)NC4CCC4)(CC2)CC3)cc1. The third kappa shape index (κ3) is 4.71. The maximum atomic E-state index is 13.2. The van der Waals surface area contributed by atoms with E-state index in [0.717, 1.165) is 51.4 Å². The molecular weight excluding hydrogens is 431 g/mol. The summed E-state index contributed by atoms with van der Waals surface area (Å²) in [5.41, 5.74) is 5.20. The van der Waals surface area contributed by atoms with E-state index in [1.165, 1.54) is 6.42 Å². The first-order valence-electron chi connectivity index (χ1n) is 11.5. The van der Waals surface area contributed by atoms with Crippen molar-refractivity contribution in [3.63, 3.8) is 0 Å². The molecule has 0 unspecified atom stereocenters. The maximum absolute atomic E-state index is 13.2. The van der Waals surface area contributed by atoms with Gasteiger partial charge in [0.15, 0.2) is 9.84 Å². The largest absolute Gasteiger partial charge is 0.489 e. The maximum Gasteiger partial charge on any atom is 0.226 e. The van der Waals surface area contributed by atoms with E-state index in [-0.39, 0.29) is 40.5 Å². The summed E-state index contributed by atoms with van der Waals surface area (Å²) in [5, 5.41) is 3.22. The number of ether oxygens (including phenoxy) is 1. The highest BCUT2D eigenvalue weighted by molar-refractivity contribution is 7.91. The number of nitrogens with one attached hydrogen (secondary N) is 1. The third-order valence-electron chi connectivity index (χ3n) is 7.84. The Labute approximate surface area is 189 Å². The van der Waals surface area contributed by atoms with Gasteiger partial charge in [0.1, 0.15) is 12.4 Å². The first-order valence-corrected chi connectivity index (χ1v) is 13.2. The van der Waals surface area contributed by atoms with Crippen molar-refractivity contribution in [2.75, 3.05) is 18.9 Å². The number of rotatable bonds is 9. The Morgan fingerprint density at radius 1 is 1.12 bits per heavy atom. The first kappa shape index (κ1) is 23.2. The van der Waals surface area contributed by atoms with Gasteiger partial charge in [-0.25, -0.2) is 12.8 Å². The van der Waals surface area contributed by atoms with E-state index in [1.54, 1.807) is 24.3 Å². The van der Waals surface area contributed by atoms with Gasteiger partial charge in [-0.15, -0.1) is 0 Å². The second kappa shape index (κ2) is 9.14. The lowest BCUT2D eigenvalue weighted by Gasteiger charge is -2.52. The molecule has 1 aromatic rings. The van der Waals surface area contributed by atoms with Crippen molar-refractivity contribution < 1.29 is 22.3 Å². The molecule has 176 valence electrons. The summed E-state index contributed by atoms with van der Waals surface area (Å²) in [6.45, 7) is 0.0901. The molecule has 1 aromatic carbocycles. The average Bonchev–Trinajstić information content (AvgIpc) is 2.78. The fraction of sp³-hybridized carbons (Fsp3) is 0.625. The number of hydrogen-bond acceptors (Lipinski definition) is 5. The Hall–Kier alpha value is -1.93. The molecule has 3 N–H and O–H groups in total. The van der Waals surface area contributed by atoms with Gasteiger partial charge in [-0.3, -0.25) is 4.79 Å². The third-order valence-corrected chi connectivity index (χ3v) is 9.83. The molecular formula is C24H33FN2O4S. The predicted octanol–water partition coefficient (Wildman–Crippen LogP) is 3.66. The predicted molar refractivity (Wildman–Crippen MR) is 121 cm³/mol. The molecule has 0 atom stereocenters. The quantitative estimate of drug-likeness (QED) is 0.581. The van der Waals surface area contributed by atoms with E-state index in [1.807, 2.05) is 0 Å². The van der Waals surface area contributed by atoms with Crippen molar-refractivity contribution in [3.8, 4) is 5.75 Å². The molecule has 0 saturated heterocycles. The van der Waals surface area contributed by atoms with Crippen LogP contribution in [0, 0.1) is 10.8 Å². The highest BCUT2D eigenvalue weighted by atomic mass is 32.2. The summed E-state index contributed by atoms with van der Waals surface area (Å²) in [5.74, 6) is 0.768. The van der Waals surface area contributed by atoms with Gasteiger partial charge in [-0.1, -0.05) is 0 Å². The highest BCUT2D eigenvalue weighted by Gasteiger charge is 2.53. The van der Waals surface area contributed by atoms with Gasteiger partial charge in [0.2, 0.25) is 5.91 Å². The normalized spacial score (nSPS) is 28.2. The summed E-state index contributed by atoms with van der Waals surface area (Å²) < 4.78 is 44.4. The zero-order chi connectivity index (χ0) is 22.8. The van der Waals surface area contributed by atoms with Crippen molar-refractivity contribution >= 4 is 15.7 Å². The summed E-state index contributed by atoms with van der Waals surface area (Å²) in [6.07, 6.45) is 8.45. The Morgan fingerprint density at radius 2 is 1.75 bits per heavy atom. The van der Waals surface area contributed by atoms with E-state index < -0.39 is 9.84 Å². The lowest BCUT2D eigenvalue weighted by molar-refractivity contribution is -0.141. The number of benzene rings is 1. The smallest absolute Gasteiger partial charge is 0.226 e. The monoisotopic (exact) mass is 464 g/mol. The topological polar surface area (TPSA) is 98.5 Å². The molecule has 5 rings (SSSR count). The van der Waals surface area contributed by atoms with Crippen molar-refractivity contribution in [1.82, 2.24) is 5.32 Å². The molecule has 2 bridgehead atoms. The summed E-state index contributed by atoms with van der Waals surface area (Å²) >= 11 is 0. The van der Waals surface area contributed by atoms with E-state index in [2.05, 4.69) is 5.32 Å². The Morgan fingerprint density at radius 3 is 2.25 bits per heavy atom. The number of fused-ring (bicyclic) bond motifs is 3. The van der Waals surface area contributed by atoms with Gasteiger partial charge in [-0.05, 0) is 87.5 Å². The summed E-state index contributed by atoms with van der Waals surface area (Å²) in [6, 6.07) is 6.62. The highest BCUT2D eigenvalue weighted by Crippen LogP contribution is 2.57. The minimum Gasteiger partial charge on any atom is -0.489 e. The zero-order valence-corrected chi connectivity index (χ0v) is 19.3. The van der Waals surface area contributed by atoms with Gasteiger partial charge < -0.3 is 15.8 Å². The number of amides is 1. The van der Waals surface area contributed by atoms with E-state index >= 15 is 0 Å². The second-order valence-electron chi connectivity index (χ2n) is 9.87. The van der Waals surface area contributed by atoms with Gasteiger partial charge in [0.05, 0.1) is 17.0 Å². The molecule has 4 fully saturated rings. The van der Waals surface area contributed by atoms with Crippen LogP contribution in [0.3, 0.4) is 0 Å². The number of sulfone groups is 1. The van der Waals surface area contributed by atoms with Crippen molar-refractivity contribution in [2.24, 2.45) is 16.6 Å². The first-order chi connectivity index (χ1) is 15.3. The lowest BCUT2D eigenvalue weighted by Crippen LogP contribution is -2.54. The molecule has 0 aromatic heterocycles. The molecule has 6 nitrogen and oxygen atoms in total. The number of hydrogen-bond donors (Lipinski definition) is 2. The minimum absolute atomic E-state index is 0.0261. The Balaban J connectivity index is 1.36. The lowest BCUT2D eigenvalue weighted by atomic mass is 9.54. The summed E-state index contributed by atoms with van der Waals surface area (Å²) in [4.78, 5) is 13.2. The van der Waals surface area contributed by atoms with Crippen LogP contribution in [-0.4, -0.2) is 39.3 Å². The van der Waals surface area contributed by atoms with Crippen LogP contribution in [0.25, 0.3) is 0 Å². The zero-order valence-electron chi connectivity index (χ0n) is 18.4. The van der Waals surface area contributed by atoms with Crippen LogP contribution in [0.1, 0.15) is 57.8 Å². The van der Waals surface area contributed by atoms with Gasteiger partial charge in [0.25, 0.3) is 0 Å². The van der Waals surface area contributed by atoms with Crippen molar-refractivity contribution in [3.05, 3.63) is 36.2 Å². The minimum atomic E-state index is -3.46. The molecule has 0 heterocycles. The average molecular weight is 465 g/mol.